The van der Waals surface area contributed by atoms with Crippen LogP contribution < -0.4 is 9.64 Å². The highest BCUT2D eigenvalue weighted by atomic mass is 16.5. The summed E-state index contributed by atoms with van der Waals surface area (Å²) in [5, 5.41) is 29.1. The van der Waals surface area contributed by atoms with E-state index < -0.39 is 18.8 Å². The summed E-state index contributed by atoms with van der Waals surface area (Å²) < 4.78 is 13.1. The average molecular weight is 402 g/mol. The molecule has 9 nitrogen and oxygen atoms in total. The van der Waals surface area contributed by atoms with Gasteiger partial charge in [0.1, 0.15) is 24.1 Å². The van der Waals surface area contributed by atoms with Crippen LogP contribution in [0.25, 0.3) is 11.0 Å². The van der Waals surface area contributed by atoms with E-state index in [9.17, 15) is 15.3 Å². The van der Waals surface area contributed by atoms with Crippen LogP contribution in [-0.2, 0) is 18.1 Å². The van der Waals surface area contributed by atoms with Crippen molar-refractivity contribution in [3.63, 3.8) is 0 Å². The van der Waals surface area contributed by atoms with Crippen LogP contribution >= 0.6 is 0 Å². The molecule has 2 heterocycles. The minimum atomic E-state index is -1.11. The Bertz CT molecular complexity index is 918. The van der Waals surface area contributed by atoms with Crippen molar-refractivity contribution in [2.75, 3.05) is 32.3 Å². The Kier molecular flexibility index (Phi) is 6.99. The molecule has 3 rings (SSSR count). The number of aliphatic hydroxyl groups is 3. The standard InChI is InChI=1S/C20H26N4O5/c1-23(16(9-25)17(27)10-26)15-8-24(13-29-11-14-6-4-3-5-7-14)19-18(15)21-12-22-20(19)28-2/h3-8,12,16-17,25-27H,9-11,13H2,1-2H3. The van der Waals surface area contributed by atoms with Crippen LogP contribution in [0.15, 0.2) is 42.9 Å². The number of methoxy groups -OCH3 is 1. The second-order valence-corrected chi connectivity index (χ2v) is 6.64. The molecule has 2 atom stereocenters. The first-order chi connectivity index (χ1) is 14.1. The molecule has 156 valence electrons. The fourth-order valence-electron chi connectivity index (χ4n) is 3.23. The minimum absolute atomic E-state index is 0.231. The molecule has 3 aromatic rings. The zero-order valence-electron chi connectivity index (χ0n) is 16.5. The van der Waals surface area contributed by atoms with Crippen molar-refractivity contribution >= 4 is 16.7 Å². The minimum Gasteiger partial charge on any atom is -0.479 e. The summed E-state index contributed by atoms with van der Waals surface area (Å²) >= 11 is 0. The molecule has 0 aliphatic rings. The predicted octanol–water partition coefficient (Wildman–Crippen LogP) is 0.764. The second kappa shape index (κ2) is 9.66. The molecule has 2 unspecified atom stereocenters. The first kappa shape index (κ1) is 21.0. The Balaban J connectivity index is 1.92. The van der Waals surface area contributed by atoms with E-state index in [1.807, 2.05) is 34.9 Å². The molecular weight excluding hydrogens is 376 g/mol. The molecular formula is C20H26N4O5. The molecule has 0 amide bonds. The molecule has 0 spiro atoms. The van der Waals surface area contributed by atoms with Gasteiger partial charge >= 0.3 is 0 Å². The van der Waals surface area contributed by atoms with Gasteiger partial charge in [0.2, 0.25) is 5.88 Å². The molecule has 0 saturated carbocycles. The molecule has 0 aliphatic carbocycles. The van der Waals surface area contributed by atoms with Crippen LogP contribution in [0.2, 0.25) is 0 Å². The monoisotopic (exact) mass is 402 g/mol. The summed E-state index contributed by atoms with van der Waals surface area (Å²) in [6.07, 6.45) is 2.09. The van der Waals surface area contributed by atoms with Crippen molar-refractivity contribution in [3.05, 3.63) is 48.4 Å². The fraction of sp³-hybridized carbons (Fsp3) is 0.400. The maximum Gasteiger partial charge on any atom is 0.241 e. The number of aliphatic hydroxyl groups excluding tert-OH is 3. The summed E-state index contributed by atoms with van der Waals surface area (Å²) in [5.41, 5.74) is 2.93. The van der Waals surface area contributed by atoms with Crippen LogP contribution in [-0.4, -0.2) is 69.4 Å². The summed E-state index contributed by atoms with van der Waals surface area (Å²) in [5.74, 6) is 0.390. The smallest absolute Gasteiger partial charge is 0.241 e. The van der Waals surface area contributed by atoms with E-state index in [-0.39, 0.29) is 13.3 Å². The number of aromatic nitrogens is 3. The summed E-state index contributed by atoms with van der Waals surface area (Å²) in [4.78, 5) is 10.2. The lowest BCUT2D eigenvalue weighted by molar-refractivity contribution is 0.0532. The highest BCUT2D eigenvalue weighted by molar-refractivity contribution is 5.92. The van der Waals surface area contributed by atoms with Crippen molar-refractivity contribution in [3.8, 4) is 5.88 Å². The molecule has 0 aliphatic heterocycles. The Hall–Kier alpha value is -2.72. The summed E-state index contributed by atoms with van der Waals surface area (Å²) in [6.45, 7) is -0.135. The molecule has 3 N–H and O–H groups in total. The Morgan fingerprint density at radius 3 is 2.55 bits per heavy atom. The number of anilines is 1. The van der Waals surface area contributed by atoms with Gasteiger partial charge in [-0.1, -0.05) is 30.3 Å². The first-order valence-electron chi connectivity index (χ1n) is 9.22. The van der Waals surface area contributed by atoms with Crippen LogP contribution in [0.3, 0.4) is 0 Å². The number of benzene rings is 1. The van der Waals surface area contributed by atoms with Crippen LogP contribution in [0.4, 0.5) is 5.69 Å². The van der Waals surface area contributed by atoms with Gasteiger partial charge in [-0.2, -0.15) is 4.98 Å². The number of rotatable bonds is 10. The normalized spacial score (nSPS) is 13.4. The highest BCUT2D eigenvalue weighted by Gasteiger charge is 2.26. The highest BCUT2D eigenvalue weighted by Crippen LogP contribution is 2.32. The fourth-order valence-corrected chi connectivity index (χ4v) is 3.23. The van der Waals surface area contributed by atoms with E-state index in [1.165, 1.54) is 13.4 Å². The average Bonchev–Trinajstić information content (AvgIpc) is 3.13. The maximum absolute atomic E-state index is 10.1. The lowest BCUT2D eigenvalue weighted by atomic mass is 10.1. The number of hydrogen-bond acceptors (Lipinski definition) is 8. The number of fused-ring (bicyclic) bond motifs is 1. The van der Waals surface area contributed by atoms with Crippen molar-refractivity contribution in [2.24, 2.45) is 0 Å². The van der Waals surface area contributed by atoms with Gasteiger partial charge in [-0.05, 0) is 5.56 Å². The second-order valence-electron chi connectivity index (χ2n) is 6.64. The van der Waals surface area contributed by atoms with Gasteiger partial charge in [0.25, 0.3) is 0 Å². The van der Waals surface area contributed by atoms with Gasteiger partial charge in [0.05, 0.1) is 44.8 Å². The molecule has 2 aromatic heterocycles. The Morgan fingerprint density at radius 2 is 1.90 bits per heavy atom. The Labute approximate surface area is 168 Å². The number of ether oxygens (including phenoxy) is 2. The van der Waals surface area contributed by atoms with Gasteiger partial charge in [0, 0.05) is 13.2 Å². The van der Waals surface area contributed by atoms with Gasteiger partial charge in [0.15, 0.2) is 0 Å². The SMILES string of the molecule is COc1ncnc2c(N(C)C(CO)C(O)CO)cn(COCc3ccccc3)c12. The van der Waals surface area contributed by atoms with E-state index >= 15 is 0 Å². The van der Waals surface area contributed by atoms with E-state index in [0.29, 0.717) is 29.2 Å². The molecule has 0 saturated heterocycles. The van der Waals surface area contributed by atoms with Crippen LogP contribution in [0.1, 0.15) is 5.56 Å². The first-order valence-corrected chi connectivity index (χ1v) is 9.22. The molecule has 1 aromatic carbocycles. The van der Waals surface area contributed by atoms with Crippen LogP contribution in [0, 0.1) is 0 Å². The molecule has 0 radical (unpaired) electrons. The Morgan fingerprint density at radius 1 is 1.14 bits per heavy atom. The zero-order chi connectivity index (χ0) is 20.8. The van der Waals surface area contributed by atoms with Gasteiger partial charge in [-0.25, -0.2) is 4.98 Å². The zero-order valence-corrected chi connectivity index (χ0v) is 16.5. The molecule has 9 heteroatoms. The molecule has 29 heavy (non-hydrogen) atoms. The maximum atomic E-state index is 10.1. The number of nitrogens with zero attached hydrogens (tertiary/aromatic N) is 4. The van der Waals surface area contributed by atoms with Crippen molar-refractivity contribution < 1.29 is 24.8 Å². The van der Waals surface area contributed by atoms with Crippen molar-refractivity contribution in [1.29, 1.82) is 0 Å². The topological polar surface area (TPSA) is 113 Å². The largest absolute Gasteiger partial charge is 0.479 e. The number of likely N-dealkylation sites (N-methyl/N-ethyl adjacent to an activating group) is 1. The predicted molar refractivity (Wildman–Crippen MR) is 108 cm³/mol. The van der Waals surface area contributed by atoms with Gasteiger partial charge in [-0.15, -0.1) is 0 Å². The van der Waals surface area contributed by atoms with E-state index in [1.54, 1.807) is 18.1 Å². The third-order valence-corrected chi connectivity index (χ3v) is 4.83. The quantitative estimate of drug-likeness (QED) is 0.456. The van der Waals surface area contributed by atoms with Crippen LogP contribution in [0.5, 0.6) is 5.88 Å². The lowest BCUT2D eigenvalue weighted by Crippen LogP contribution is -2.45. The summed E-state index contributed by atoms with van der Waals surface area (Å²) in [7, 11) is 3.25. The lowest BCUT2D eigenvalue weighted by Gasteiger charge is -2.30. The van der Waals surface area contributed by atoms with E-state index in [4.69, 9.17) is 9.47 Å². The number of hydrogen-bond donors (Lipinski definition) is 3. The van der Waals surface area contributed by atoms with E-state index in [0.717, 1.165) is 5.56 Å². The van der Waals surface area contributed by atoms with Crippen molar-refractivity contribution in [2.45, 2.75) is 25.5 Å². The molecule has 0 bridgehead atoms. The molecule has 0 fully saturated rings. The third kappa shape index (κ3) is 4.48. The van der Waals surface area contributed by atoms with Crippen molar-refractivity contribution in [1.82, 2.24) is 14.5 Å². The van der Waals surface area contributed by atoms with Gasteiger partial charge < -0.3 is 34.3 Å². The summed E-state index contributed by atoms with van der Waals surface area (Å²) in [6, 6.07) is 9.12. The van der Waals surface area contributed by atoms with E-state index in [2.05, 4.69) is 9.97 Å². The third-order valence-electron chi connectivity index (χ3n) is 4.83. The van der Waals surface area contributed by atoms with Gasteiger partial charge in [-0.3, -0.25) is 0 Å².